The van der Waals surface area contributed by atoms with E-state index in [-0.39, 0.29) is 22.8 Å². The molecule has 4 aliphatic rings. The lowest BCUT2D eigenvalue weighted by Crippen LogP contribution is -2.53. The van der Waals surface area contributed by atoms with Gasteiger partial charge in [0.15, 0.2) is 0 Å². The molecule has 0 aliphatic heterocycles. The molecule has 1 aromatic carbocycles. The van der Waals surface area contributed by atoms with Crippen molar-refractivity contribution in [3.63, 3.8) is 0 Å². The normalized spacial score (nSPS) is 32.8. The summed E-state index contributed by atoms with van der Waals surface area (Å²) in [5.74, 6) is 2.28. The summed E-state index contributed by atoms with van der Waals surface area (Å²) in [4.78, 5) is 13.4. The molecule has 1 aromatic rings. The molecule has 4 bridgehead atoms. The average Bonchev–Trinajstić information content (AvgIpc) is 2.58. The fourth-order valence-electron chi connectivity index (χ4n) is 5.85. The summed E-state index contributed by atoms with van der Waals surface area (Å²) in [7, 11) is -0.463. The second-order valence-corrected chi connectivity index (χ2v) is 10.9. The molecule has 0 saturated heterocycles. The number of nitrogens with one attached hydrogen (secondary N) is 1. The van der Waals surface area contributed by atoms with Gasteiger partial charge in [0, 0.05) is 26.1 Å². The Morgan fingerprint density at radius 2 is 1.62 bits per heavy atom. The van der Waals surface area contributed by atoms with E-state index in [0.717, 1.165) is 19.3 Å². The topological polar surface area (TPSA) is 66.5 Å². The van der Waals surface area contributed by atoms with E-state index in [1.54, 1.807) is 18.2 Å². The lowest BCUT2D eigenvalue weighted by molar-refractivity contribution is -0.146. The zero-order valence-corrected chi connectivity index (χ0v) is 16.4. The first-order chi connectivity index (χ1) is 12.3. The van der Waals surface area contributed by atoms with Crippen molar-refractivity contribution in [1.82, 2.24) is 9.62 Å². The summed E-state index contributed by atoms with van der Waals surface area (Å²) >= 11 is 0. The Kier molecular flexibility index (Phi) is 4.39. The Hall–Kier alpha value is -1.40. The van der Waals surface area contributed by atoms with E-state index in [1.807, 2.05) is 6.07 Å². The van der Waals surface area contributed by atoms with Crippen molar-refractivity contribution in [2.24, 2.45) is 23.2 Å². The molecule has 0 heterocycles. The van der Waals surface area contributed by atoms with Gasteiger partial charge in [0.1, 0.15) is 0 Å². The monoisotopic (exact) mass is 376 g/mol. The Labute approximate surface area is 156 Å². The van der Waals surface area contributed by atoms with E-state index in [9.17, 15) is 13.2 Å². The van der Waals surface area contributed by atoms with Crippen LogP contribution in [0.3, 0.4) is 0 Å². The van der Waals surface area contributed by atoms with Gasteiger partial charge in [0.25, 0.3) is 0 Å². The zero-order valence-electron chi connectivity index (χ0n) is 15.6. The van der Waals surface area contributed by atoms with Crippen LogP contribution < -0.4 is 5.32 Å². The van der Waals surface area contributed by atoms with Crippen molar-refractivity contribution in [3.05, 3.63) is 29.8 Å². The van der Waals surface area contributed by atoms with Gasteiger partial charge in [-0.2, -0.15) is 0 Å². The quantitative estimate of drug-likeness (QED) is 0.859. The van der Waals surface area contributed by atoms with Gasteiger partial charge in [-0.1, -0.05) is 18.2 Å². The molecule has 0 spiro atoms. The highest BCUT2D eigenvalue weighted by molar-refractivity contribution is 7.89. The maximum absolute atomic E-state index is 13.1. The molecule has 26 heavy (non-hydrogen) atoms. The van der Waals surface area contributed by atoms with Crippen LogP contribution in [0.2, 0.25) is 0 Å². The smallest absolute Gasteiger partial charge is 0.242 e. The number of rotatable bonds is 5. The van der Waals surface area contributed by atoms with Crippen molar-refractivity contribution in [2.75, 3.05) is 14.1 Å². The van der Waals surface area contributed by atoms with Crippen LogP contribution in [0.4, 0.5) is 0 Å². The standard InChI is InChI=1S/C20H28N2O3S/c1-22(2)26(24,25)18-6-4-3-5-17(18)13-21-19(23)20-10-14-7-15(11-20)9-16(8-14)12-20/h3-6,14-16H,7-13H2,1-2H3,(H,21,23). The van der Waals surface area contributed by atoms with E-state index in [2.05, 4.69) is 5.32 Å². The van der Waals surface area contributed by atoms with Gasteiger partial charge in [-0.3, -0.25) is 4.79 Å². The molecule has 4 aliphatic carbocycles. The summed E-state index contributed by atoms with van der Waals surface area (Å²) in [6, 6.07) is 6.94. The summed E-state index contributed by atoms with van der Waals surface area (Å²) in [6.07, 6.45) is 6.96. The van der Waals surface area contributed by atoms with Crippen LogP contribution in [0.25, 0.3) is 0 Å². The largest absolute Gasteiger partial charge is 0.351 e. The predicted molar refractivity (Wildman–Crippen MR) is 99.8 cm³/mol. The molecular formula is C20H28N2O3S. The van der Waals surface area contributed by atoms with E-state index in [0.29, 0.717) is 23.3 Å². The van der Waals surface area contributed by atoms with Gasteiger partial charge < -0.3 is 5.32 Å². The molecule has 0 aromatic heterocycles. The van der Waals surface area contributed by atoms with Gasteiger partial charge >= 0.3 is 0 Å². The Bertz CT molecular complexity index is 781. The van der Waals surface area contributed by atoms with Gasteiger partial charge in [-0.15, -0.1) is 0 Å². The van der Waals surface area contributed by atoms with E-state index >= 15 is 0 Å². The second kappa shape index (κ2) is 6.34. The zero-order chi connectivity index (χ0) is 18.5. The van der Waals surface area contributed by atoms with Crippen molar-refractivity contribution in [3.8, 4) is 0 Å². The first-order valence-corrected chi connectivity index (χ1v) is 11.0. The van der Waals surface area contributed by atoms with Gasteiger partial charge in [-0.25, -0.2) is 12.7 Å². The number of nitrogens with zero attached hydrogens (tertiary/aromatic N) is 1. The molecule has 0 atom stereocenters. The minimum atomic E-state index is -3.52. The van der Waals surface area contributed by atoms with Crippen LogP contribution >= 0.6 is 0 Å². The van der Waals surface area contributed by atoms with Crippen LogP contribution in [-0.2, 0) is 21.4 Å². The summed E-state index contributed by atoms with van der Waals surface area (Å²) < 4.78 is 26.3. The van der Waals surface area contributed by atoms with Crippen molar-refractivity contribution in [2.45, 2.75) is 50.0 Å². The van der Waals surface area contributed by atoms with Crippen LogP contribution in [0.5, 0.6) is 0 Å². The third-order valence-corrected chi connectivity index (χ3v) is 8.61. The Morgan fingerprint density at radius 3 is 2.15 bits per heavy atom. The van der Waals surface area contributed by atoms with E-state index in [1.165, 1.54) is 37.7 Å². The molecule has 4 saturated carbocycles. The first-order valence-electron chi connectivity index (χ1n) is 9.59. The molecule has 4 fully saturated rings. The Morgan fingerprint density at radius 1 is 1.08 bits per heavy atom. The summed E-state index contributed by atoms with van der Waals surface area (Å²) in [5, 5.41) is 3.09. The third kappa shape index (κ3) is 2.97. The highest BCUT2D eigenvalue weighted by atomic mass is 32.2. The molecule has 6 heteroatoms. The van der Waals surface area contributed by atoms with E-state index < -0.39 is 10.0 Å². The molecule has 0 unspecified atom stereocenters. The molecule has 142 valence electrons. The van der Waals surface area contributed by atoms with Crippen LogP contribution in [0.1, 0.15) is 44.1 Å². The number of hydrogen-bond acceptors (Lipinski definition) is 3. The fraction of sp³-hybridized carbons (Fsp3) is 0.650. The average molecular weight is 377 g/mol. The van der Waals surface area contributed by atoms with Crippen LogP contribution in [-0.4, -0.2) is 32.7 Å². The van der Waals surface area contributed by atoms with Crippen LogP contribution in [0.15, 0.2) is 29.2 Å². The summed E-state index contributed by atoms with van der Waals surface area (Å²) in [5.41, 5.74) is 0.448. The second-order valence-electron chi connectivity index (χ2n) is 8.78. The van der Waals surface area contributed by atoms with Gasteiger partial charge in [-0.05, 0) is 67.9 Å². The minimum Gasteiger partial charge on any atom is -0.351 e. The number of benzene rings is 1. The molecule has 0 radical (unpaired) electrons. The van der Waals surface area contributed by atoms with Crippen molar-refractivity contribution < 1.29 is 13.2 Å². The van der Waals surface area contributed by atoms with E-state index in [4.69, 9.17) is 0 Å². The SMILES string of the molecule is CN(C)S(=O)(=O)c1ccccc1CNC(=O)C12CC3CC(CC(C3)C1)C2. The predicted octanol–water partition coefficient (Wildman–Crippen LogP) is 2.77. The molecule has 1 N–H and O–H groups in total. The van der Waals surface area contributed by atoms with Crippen molar-refractivity contribution >= 4 is 15.9 Å². The first kappa shape index (κ1) is 18.0. The maximum Gasteiger partial charge on any atom is 0.242 e. The maximum atomic E-state index is 13.1. The summed E-state index contributed by atoms with van der Waals surface area (Å²) in [6.45, 7) is 0.268. The minimum absolute atomic E-state index is 0.133. The van der Waals surface area contributed by atoms with Gasteiger partial charge in [0.05, 0.1) is 4.90 Å². The number of carbonyl (C=O) groups excluding carboxylic acids is 1. The van der Waals surface area contributed by atoms with Gasteiger partial charge in [0.2, 0.25) is 15.9 Å². The van der Waals surface area contributed by atoms with Crippen LogP contribution in [0, 0.1) is 23.2 Å². The molecular weight excluding hydrogens is 348 g/mol. The van der Waals surface area contributed by atoms with Crippen molar-refractivity contribution in [1.29, 1.82) is 0 Å². The number of carbonyl (C=O) groups is 1. The lowest BCUT2D eigenvalue weighted by atomic mass is 9.49. The fourth-order valence-corrected chi connectivity index (χ4v) is 6.97. The molecule has 1 amide bonds. The number of hydrogen-bond donors (Lipinski definition) is 1. The molecule has 5 nitrogen and oxygen atoms in total. The highest BCUT2D eigenvalue weighted by Crippen LogP contribution is 2.60. The number of sulfonamides is 1. The molecule has 5 rings (SSSR count). The Balaban J connectivity index is 1.51. The highest BCUT2D eigenvalue weighted by Gasteiger charge is 2.54. The lowest BCUT2D eigenvalue weighted by Gasteiger charge is -2.55. The third-order valence-electron chi connectivity index (χ3n) is 6.69. The number of amides is 1.